The fraction of sp³-hybridized carbons (Fsp3) is 0.278. The highest BCUT2D eigenvalue weighted by Gasteiger charge is 2.24. The molecule has 1 aromatic carbocycles. The quantitative estimate of drug-likeness (QED) is 0.745. The highest BCUT2D eigenvalue weighted by atomic mass is 35.5. The van der Waals surface area contributed by atoms with Gasteiger partial charge in [-0.3, -0.25) is 14.2 Å². The Hall–Kier alpha value is -2.38. The summed E-state index contributed by atoms with van der Waals surface area (Å²) in [5, 5.41) is 9.78. The molecule has 4 rings (SSSR count). The van der Waals surface area contributed by atoms with E-state index in [-0.39, 0.29) is 0 Å². The maximum atomic E-state index is 13.1. The summed E-state index contributed by atoms with van der Waals surface area (Å²) in [6.07, 6.45) is 3.63. The Morgan fingerprint density at radius 2 is 1.85 bits per heavy atom. The number of carboxylic acid groups (broad SMARTS) is 1. The van der Waals surface area contributed by atoms with Crippen molar-refractivity contribution in [3.8, 4) is 5.69 Å². The van der Waals surface area contributed by atoms with Crippen molar-refractivity contribution in [2.45, 2.75) is 32.2 Å². The van der Waals surface area contributed by atoms with Gasteiger partial charge < -0.3 is 5.11 Å². The van der Waals surface area contributed by atoms with Gasteiger partial charge in [-0.05, 0) is 55.5 Å². The van der Waals surface area contributed by atoms with Gasteiger partial charge in [0.15, 0.2) is 0 Å². The Kier molecular flexibility index (Phi) is 4.20. The van der Waals surface area contributed by atoms with Crippen molar-refractivity contribution < 1.29 is 9.90 Å². The van der Waals surface area contributed by atoms with E-state index >= 15 is 0 Å². The molecule has 2 heterocycles. The Balaban J connectivity index is 2.11. The van der Waals surface area contributed by atoms with Crippen molar-refractivity contribution in [2.24, 2.45) is 0 Å². The zero-order valence-electron chi connectivity index (χ0n) is 13.7. The predicted molar refractivity (Wildman–Crippen MR) is 101 cm³/mol. The van der Waals surface area contributed by atoms with Crippen molar-refractivity contribution in [3.05, 3.63) is 60.6 Å². The van der Waals surface area contributed by atoms with Crippen LogP contribution in [0.5, 0.6) is 0 Å². The van der Waals surface area contributed by atoms with Crippen LogP contribution in [-0.2, 0) is 24.2 Å². The average Bonchev–Trinajstić information content (AvgIpc) is 3.00. The Bertz CT molecular complexity index is 1140. The second kappa shape index (κ2) is 6.41. The molecule has 0 saturated heterocycles. The molecule has 0 atom stereocenters. The van der Waals surface area contributed by atoms with Crippen LogP contribution >= 0.6 is 22.9 Å². The van der Waals surface area contributed by atoms with E-state index in [0.29, 0.717) is 20.9 Å². The number of carboxylic acids is 1. The lowest BCUT2D eigenvalue weighted by atomic mass is 9.98. The van der Waals surface area contributed by atoms with Crippen LogP contribution in [0.25, 0.3) is 15.9 Å². The lowest BCUT2D eigenvalue weighted by Crippen LogP contribution is -2.39. The van der Waals surface area contributed by atoms with Gasteiger partial charge in [-0.2, -0.15) is 0 Å². The summed E-state index contributed by atoms with van der Waals surface area (Å²) in [6, 6.07) is 6.34. The van der Waals surface area contributed by atoms with E-state index in [1.165, 1.54) is 15.9 Å². The number of nitrogens with zero attached hydrogens (tertiary/aromatic N) is 2. The van der Waals surface area contributed by atoms with E-state index in [1.54, 1.807) is 24.3 Å². The van der Waals surface area contributed by atoms with E-state index in [9.17, 15) is 19.5 Å². The molecular weight excluding hydrogens is 376 g/mol. The molecule has 0 amide bonds. The fourth-order valence-corrected chi connectivity index (χ4v) is 4.93. The molecule has 0 spiro atoms. The molecule has 0 saturated carbocycles. The average molecular weight is 391 g/mol. The standard InChI is InChI=1S/C18H15ClN2O4S/c19-10-5-7-11(8-6-10)21-17(24)16-15(20(18(21)25)9-14(22)23)12-3-1-2-4-13(12)26-16/h5-8H,1-4,9H2,(H,22,23). The Morgan fingerprint density at radius 3 is 2.54 bits per heavy atom. The number of benzene rings is 1. The lowest BCUT2D eigenvalue weighted by Gasteiger charge is -2.14. The van der Waals surface area contributed by atoms with Gasteiger partial charge in [-0.25, -0.2) is 9.36 Å². The number of aliphatic carboxylic acids is 1. The first kappa shape index (κ1) is 17.1. The van der Waals surface area contributed by atoms with Crippen LogP contribution in [0.3, 0.4) is 0 Å². The van der Waals surface area contributed by atoms with E-state index < -0.39 is 23.8 Å². The summed E-state index contributed by atoms with van der Waals surface area (Å²) in [5.74, 6) is -1.12. The zero-order valence-corrected chi connectivity index (χ0v) is 15.3. The third kappa shape index (κ3) is 2.68. The van der Waals surface area contributed by atoms with Crippen molar-refractivity contribution in [1.82, 2.24) is 9.13 Å². The van der Waals surface area contributed by atoms with Gasteiger partial charge in [0.05, 0.1) is 11.2 Å². The van der Waals surface area contributed by atoms with Crippen LogP contribution in [0.1, 0.15) is 23.3 Å². The fourth-order valence-electron chi connectivity index (χ4n) is 3.48. The minimum atomic E-state index is -1.12. The maximum absolute atomic E-state index is 13.1. The molecule has 0 radical (unpaired) electrons. The third-order valence-corrected chi connectivity index (χ3v) is 6.13. The number of aryl methyl sites for hydroxylation is 2. The van der Waals surface area contributed by atoms with Crippen LogP contribution in [0.15, 0.2) is 33.9 Å². The van der Waals surface area contributed by atoms with E-state index in [4.69, 9.17) is 11.6 Å². The monoisotopic (exact) mass is 390 g/mol. The predicted octanol–water partition coefficient (Wildman–Crippen LogP) is 2.83. The third-order valence-electron chi connectivity index (χ3n) is 4.61. The number of hydrogen-bond donors (Lipinski definition) is 1. The minimum absolute atomic E-state index is 0.372. The van der Waals surface area contributed by atoms with Gasteiger partial charge in [0.1, 0.15) is 11.2 Å². The van der Waals surface area contributed by atoms with Gasteiger partial charge >= 0.3 is 11.7 Å². The number of rotatable bonds is 3. The van der Waals surface area contributed by atoms with Crippen molar-refractivity contribution in [1.29, 1.82) is 0 Å². The van der Waals surface area contributed by atoms with E-state index in [0.717, 1.165) is 40.7 Å². The topological polar surface area (TPSA) is 81.3 Å². The summed E-state index contributed by atoms with van der Waals surface area (Å²) in [7, 11) is 0. The van der Waals surface area contributed by atoms with Gasteiger partial charge in [0.2, 0.25) is 0 Å². The lowest BCUT2D eigenvalue weighted by molar-refractivity contribution is -0.137. The molecule has 6 nitrogen and oxygen atoms in total. The van der Waals surface area contributed by atoms with Gasteiger partial charge in [-0.15, -0.1) is 11.3 Å². The summed E-state index contributed by atoms with van der Waals surface area (Å²) < 4.78 is 2.69. The van der Waals surface area contributed by atoms with E-state index in [2.05, 4.69) is 0 Å². The van der Waals surface area contributed by atoms with Crippen molar-refractivity contribution in [3.63, 3.8) is 0 Å². The molecule has 0 fully saturated rings. The number of fused-ring (bicyclic) bond motifs is 3. The molecular formula is C18H15ClN2O4S. The smallest absolute Gasteiger partial charge is 0.336 e. The molecule has 134 valence electrons. The molecule has 0 bridgehead atoms. The molecule has 3 aromatic rings. The largest absolute Gasteiger partial charge is 0.480 e. The Labute approximate surface area is 156 Å². The summed E-state index contributed by atoms with van der Waals surface area (Å²) in [5.41, 5.74) is 0.769. The first-order chi connectivity index (χ1) is 12.5. The van der Waals surface area contributed by atoms with Crippen LogP contribution in [0, 0.1) is 0 Å². The number of carbonyl (C=O) groups is 1. The zero-order chi connectivity index (χ0) is 18.4. The molecule has 2 aromatic heterocycles. The number of aromatic nitrogens is 2. The van der Waals surface area contributed by atoms with Crippen molar-refractivity contribution in [2.75, 3.05) is 0 Å². The second-order valence-electron chi connectivity index (χ2n) is 6.27. The summed E-state index contributed by atoms with van der Waals surface area (Å²) in [6.45, 7) is -0.480. The summed E-state index contributed by atoms with van der Waals surface area (Å²) >= 11 is 7.27. The van der Waals surface area contributed by atoms with Crippen LogP contribution in [0.2, 0.25) is 5.02 Å². The Morgan fingerprint density at radius 1 is 1.15 bits per heavy atom. The first-order valence-electron chi connectivity index (χ1n) is 8.25. The van der Waals surface area contributed by atoms with Gasteiger partial charge in [0, 0.05) is 9.90 Å². The van der Waals surface area contributed by atoms with E-state index in [1.807, 2.05) is 0 Å². The highest BCUT2D eigenvalue weighted by molar-refractivity contribution is 7.19. The number of hydrogen-bond acceptors (Lipinski definition) is 4. The molecule has 1 aliphatic carbocycles. The highest BCUT2D eigenvalue weighted by Crippen LogP contribution is 2.34. The second-order valence-corrected chi connectivity index (χ2v) is 7.81. The molecule has 1 N–H and O–H groups in total. The SMILES string of the molecule is O=C(O)Cn1c(=O)n(-c2ccc(Cl)cc2)c(=O)c2sc3c(c21)CCCC3. The molecule has 0 unspecified atom stereocenters. The van der Waals surface area contributed by atoms with Gasteiger partial charge in [-0.1, -0.05) is 11.6 Å². The molecule has 1 aliphatic rings. The number of thiophene rings is 1. The normalized spacial score (nSPS) is 13.7. The van der Waals surface area contributed by atoms with Crippen LogP contribution in [-0.4, -0.2) is 20.2 Å². The molecule has 8 heteroatoms. The number of halogens is 1. The van der Waals surface area contributed by atoms with Gasteiger partial charge in [0.25, 0.3) is 5.56 Å². The summed E-state index contributed by atoms with van der Waals surface area (Å²) in [4.78, 5) is 38.6. The van der Waals surface area contributed by atoms with Crippen LogP contribution in [0.4, 0.5) is 0 Å². The maximum Gasteiger partial charge on any atom is 0.336 e. The van der Waals surface area contributed by atoms with Crippen molar-refractivity contribution >= 4 is 39.1 Å². The van der Waals surface area contributed by atoms with Crippen LogP contribution < -0.4 is 11.2 Å². The first-order valence-corrected chi connectivity index (χ1v) is 9.44. The molecule has 26 heavy (non-hydrogen) atoms. The minimum Gasteiger partial charge on any atom is -0.480 e. The molecule has 0 aliphatic heterocycles.